The van der Waals surface area contributed by atoms with E-state index in [0.717, 1.165) is 32.8 Å². The zero-order chi connectivity index (χ0) is 8.81. The smallest absolute Gasteiger partial charge is 0.118 e. The molecule has 0 aromatic carbocycles. The van der Waals surface area contributed by atoms with Crippen molar-refractivity contribution in [3.8, 4) is 0 Å². The lowest BCUT2D eigenvalue weighted by atomic mass is 10.3. The summed E-state index contributed by atoms with van der Waals surface area (Å²) >= 11 is 0. The van der Waals surface area contributed by atoms with E-state index in [4.69, 9.17) is 15.7 Å². The van der Waals surface area contributed by atoms with Crippen LogP contribution in [-0.4, -0.2) is 49.1 Å². The fourth-order valence-electron chi connectivity index (χ4n) is 1.21. The molecule has 0 saturated carbocycles. The van der Waals surface area contributed by atoms with Crippen molar-refractivity contribution in [2.45, 2.75) is 12.6 Å². The molecule has 4 N–H and O–H groups in total. The number of ether oxygens (including phenoxy) is 1. The Kier molecular flexibility index (Phi) is 4.49. The van der Waals surface area contributed by atoms with Crippen molar-refractivity contribution in [1.82, 2.24) is 10.3 Å². The topological polar surface area (TPSA) is 70.8 Å². The summed E-state index contributed by atoms with van der Waals surface area (Å²) in [5.41, 5.74) is 2.30. The number of nitrogens with one attached hydrogen (secondary N) is 1. The van der Waals surface area contributed by atoms with E-state index in [1.165, 1.54) is 0 Å². The van der Waals surface area contributed by atoms with E-state index in [-0.39, 0.29) is 0 Å². The number of nitrogens with zero attached hydrogens (tertiary/aromatic N) is 1. The molecule has 1 rings (SSSR count). The molecule has 0 spiro atoms. The van der Waals surface area contributed by atoms with Gasteiger partial charge in [0.2, 0.25) is 0 Å². The maximum atomic E-state index is 9.09. The quantitative estimate of drug-likeness (QED) is 0.275. The molecule has 1 aliphatic heterocycles. The van der Waals surface area contributed by atoms with Crippen molar-refractivity contribution in [1.29, 1.82) is 0 Å². The monoisotopic (exact) mass is 175 g/mol. The zero-order valence-electron chi connectivity index (χ0n) is 7.20. The van der Waals surface area contributed by atoms with Crippen molar-refractivity contribution in [2.75, 3.05) is 32.8 Å². The Morgan fingerprint density at radius 2 is 2.17 bits per heavy atom. The first kappa shape index (κ1) is 9.88. The second kappa shape index (κ2) is 5.45. The number of rotatable bonds is 4. The summed E-state index contributed by atoms with van der Waals surface area (Å²) in [6.07, 6.45) is 0.0732. The van der Waals surface area contributed by atoms with Crippen LogP contribution < -0.4 is 11.3 Å². The molecule has 1 aliphatic rings. The minimum absolute atomic E-state index is 0.590. The van der Waals surface area contributed by atoms with Crippen LogP contribution in [0.25, 0.3) is 0 Å². The molecule has 0 aromatic heterocycles. The van der Waals surface area contributed by atoms with Crippen molar-refractivity contribution >= 4 is 0 Å². The van der Waals surface area contributed by atoms with Crippen LogP contribution in [-0.2, 0) is 4.74 Å². The Bertz CT molecular complexity index is 117. The Morgan fingerprint density at radius 3 is 2.75 bits per heavy atom. The lowest BCUT2D eigenvalue weighted by Gasteiger charge is -2.27. The highest BCUT2D eigenvalue weighted by molar-refractivity contribution is 4.62. The summed E-state index contributed by atoms with van der Waals surface area (Å²) in [6, 6.07) is 0. The van der Waals surface area contributed by atoms with E-state index in [9.17, 15) is 0 Å². The number of nitrogens with two attached hydrogens (primary N) is 1. The molecule has 1 fully saturated rings. The molecule has 1 saturated heterocycles. The summed E-state index contributed by atoms with van der Waals surface area (Å²) in [7, 11) is 0. The average Bonchev–Trinajstić information content (AvgIpc) is 2.16. The Morgan fingerprint density at radius 1 is 1.50 bits per heavy atom. The van der Waals surface area contributed by atoms with Crippen LogP contribution in [0.2, 0.25) is 0 Å². The van der Waals surface area contributed by atoms with E-state index < -0.39 is 6.23 Å². The maximum Gasteiger partial charge on any atom is 0.118 e. The number of hydrogen-bond donors (Lipinski definition) is 3. The van der Waals surface area contributed by atoms with Gasteiger partial charge in [0.05, 0.1) is 13.2 Å². The van der Waals surface area contributed by atoms with Gasteiger partial charge in [0.25, 0.3) is 0 Å². The lowest BCUT2D eigenvalue weighted by Crippen LogP contribution is -2.41. The largest absolute Gasteiger partial charge is 0.379 e. The maximum absolute atomic E-state index is 9.09. The summed E-state index contributed by atoms with van der Waals surface area (Å²) in [5, 5.41) is 9.09. The average molecular weight is 175 g/mol. The summed E-state index contributed by atoms with van der Waals surface area (Å²) in [5.74, 6) is 5.04. The van der Waals surface area contributed by atoms with E-state index in [2.05, 4.69) is 10.3 Å². The fourth-order valence-corrected chi connectivity index (χ4v) is 1.21. The van der Waals surface area contributed by atoms with Crippen molar-refractivity contribution in [2.24, 2.45) is 5.84 Å². The third-order valence-electron chi connectivity index (χ3n) is 2.01. The molecule has 1 heterocycles. The molecule has 5 nitrogen and oxygen atoms in total. The molecule has 1 atom stereocenters. The van der Waals surface area contributed by atoms with Gasteiger partial charge in [-0.2, -0.15) is 0 Å². The number of morpholine rings is 1. The summed E-state index contributed by atoms with van der Waals surface area (Å²) in [6.45, 7) is 4.38. The number of hydrazine groups is 1. The van der Waals surface area contributed by atoms with E-state index in [1.54, 1.807) is 0 Å². The molecule has 0 amide bonds. The third-order valence-corrected chi connectivity index (χ3v) is 2.01. The van der Waals surface area contributed by atoms with Crippen molar-refractivity contribution in [3.63, 3.8) is 0 Å². The van der Waals surface area contributed by atoms with Gasteiger partial charge in [-0.1, -0.05) is 0 Å². The Labute approximate surface area is 72.5 Å². The summed E-state index contributed by atoms with van der Waals surface area (Å²) < 4.78 is 5.19. The standard InChI is InChI=1S/C7H17N3O2/c8-9-7(11)1-2-10-3-5-12-6-4-10/h7,9,11H,1-6,8H2. The van der Waals surface area contributed by atoms with Gasteiger partial charge in [-0.05, 0) is 0 Å². The molecule has 0 aliphatic carbocycles. The van der Waals surface area contributed by atoms with E-state index >= 15 is 0 Å². The van der Waals surface area contributed by atoms with Gasteiger partial charge in [0.15, 0.2) is 0 Å². The van der Waals surface area contributed by atoms with Crippen LogP contribution in [0.1, 0.15) is 6.42 Å². The number of hydrogen-bond acceptors (Lipinski definition) is 5. The van der Waals surface area contributed by atoms with Crippen LogP contribution in [0.4, 0.5) is 0 Å². The Balaban J connectivity index is 2.05. The van der Waals surface area contributed by atoms with Gasteiger partial charge in [-0.15, -0.1) is 0 Å². The zero-order valence-corrected chi connectivity index (χ0v) is 7.20. The van der Waals surface area contributed by atoms with Gasteiger partial charge in [0.1, 0.15) is 6.23 Å². The van der Waals surface area contributed by atoms with Gasteiger partial charge in [0, 0.05) is 26.1 Å². The second-order valence-corrected chi connectivity index (χ2v) is 2.93. The molecular weight excluding hydrogens is 158 g/mol. The highest BCUT2D eigenvalue weighted by Crippen LogP contribution is 1.98. The predicted octanol–water partition coefficient (Wildman–Crippen LogP) is -1.51. The molecule has 0 bridgehead atoms. The minimum Gasteiger partial charge on any atom is -0.379 e. The molecule has 0 radical (unpaired) electrons. The van der Waals surface area contributed by atoms with Crippen molar-refractivity contribution in [3.05, 3.63) is 0 Å². The summed E-state index contributed by atoms with van der Waals surface area (Å²) in [4.78, 5) is 2.25. The number of aliphatic hydroxyl groups is 1. The highest BCUT2D eigenvalue weighted by atomic mass is 16.5. The van der Waals surface area contributed by atoms with Crippen molar-refractivity contribution < 1.29 is 9.84 Å². The molecular formula is C7H17N3O2. The first-order chi connectivity index (χ1) is 5.83. The van der Waals surface area contributed by atoms with Gasteiger partial charge in [-0.25, -0.2) is 5.43 Å². The first-order valence-electron chi connectivity index (χ1n) is 4.27. The van der Waals surface area contributed by atoms with E-state index in [0.29, 0.717) is 6.42 Å². The van der Waals surface area contributed by atoms with Gasteiger partial charge < -0.3 is 9.84 Å². The van der Waals surface area contributed by atoms with Crippen LogP contribution in [0, 0.1) is 0 Å². The molecule has 12 heavy (non-hydrogen) atoms. The SMILES string of the molecule is NNC(O)CCN1CCOCC1. The van der Waals surface area contributed by atoms with Crippen LogP contribution >= 0.6 is 0 Å². The number of aliphatic hydroxyl groups excluding tert-OH is 1. The fraction of sp³-hybridized carbons (Fsp3) is 1.00. The Hall–Kier alpha value is -0.200. The predicted molar refractivity (Wildman–Crippen MR) is 45.2 cm³/mol. The lowest BCUT2D eigenvalue weighted by molar-refractivity contribution is 0.0271. The van der Waals surface area contributed by atoms with E-state index in [1.807, 2.05) is 0 Å². The highest BCUT2D eigenvalue weighted by Gasteiger charge is 2.11. The van der Waals surface area contributed by atoms with Crippen LogP contribution in [0.5, 0.6) is 0 Å². The normalized spacial score (nSPS) is 22.5. The van der Waals surface area contributed by atoms with Gasteiger partial charge >= 0.3 is 0 Å². The second-order valence-electron chi connectivity index (χ2n) is 2.93. The van der Waals surface area contributed by atoms with Gasteiger partial charge in [-0.3, -0.25) is 10.7 Å². The molecule has 0 aromatic rings. The van der Waals surface area contributed by atoms with Crippen LogP contribution in [0.3, 0.4) is 0 Å². The molecule has 72 valence electrons. The third kappa shape index (κ3) is 3.46. The molecule has 1 unspecified atom stereocenters. The first-order valence-corrected chi connectivity index (χ1v) is 4.27. The molecule has 5 heteroatoms. The van der Waals surface area contributed by atoms with Crippen LogP contribution in [0.15, 0.2) is 0 Å². The minimum atomic E-state index is -0.590.